The standard InChI is InChI=1S/C21H31FN4O2/c1-24-8-2-9-25(11-10-24)20-6-3-17(13-19(20)22)23-21(27)26(18-4-5-18)14-16-7-12-28-15-16/h3,6,13,16,18H,2,4-5,7-12,14-15H2,1H3,(H,23,27). The van der Waals surface area contributed by atoms with Crippen molar-refractivity contribution >= 4 is 17.4 Å². The summed E-state index contributed by atoms with van der Waals surface area (Å²) in [5.41, 5.74) is 1.14. The van der Waals surface area contributed by atoms with Crippen molar-refractivity contribution < 1.29 is 13.9 Å². The molecule has 154 valence electrons. The highest BCUT2D eigenvalue weighted by molar-refractivity contribution is 5.90. The normalized spacial score (nSPS) is 23.5. The number of anilines is 2. The minimum Gasteiger partial charge on any atom is -0.381 e. The molecule has 2 amide bonds. The Kier molecular flexibility index (Phi) is 6.01. The van der Waals surface area contributed by atoms with E-state index in [0.717, 1.165) is 71.6 Å². The Morgan fingerprint density at radius 2 is 2.11 bits per heavy atom. The predicted molar refractivity (Wildman–Crippen MR) is 108 cm³/mol. The summed E-state index contributed by atoms with van der Waals surface area (Å²) in [6, 6.07) is 5.25. The first-order valence-electron chi connectivity index (χ1n) is 10.5. The van der Waals surface area contributed by atoms with E-state index < -0.39 is 0 Å². The summed E-state index contributed by atoms with van der Waals surface area (Å²) in [6.45, 7) is 5.87. The lowest BCUT2D eigenvalue weighted by Crippen LogP contribution is -2.40. The van der Waals surface area contributed by atoms with Gasteiger partial charge in [-0.15, -0.1) is 0 Å². The number of amides is 2. The maximum absolute atomic E-state index is 14.8. The average Bonchev–Trinajstić information content (AvgIpc) is 3.42. The van der Waals surface area contributed by atoms with Gasteiger partial charge in [0.25, 0.3) is 0 Å². The first-order chi connectivity index (χ1) is 13.6. The van der Waals surface area contributed by atoms with Crippen LogP contribution in [-0.2, 0) is 4.74 Å². The Morgan fingerprint density at radius 3 is 2.82 bits per heavy atom. The minimum atomic E-state index is -0.274. The largest absolute Gasteiger partial charge is 0.381 e. The van der Waals surface area contributed by atoms with Gasteiger partial charge in [-0.2, -0.15) is 0 Å². The van der Waals surface area contributed by atoms with Crippen molar-refractivity contribution in [3.8, 4) is 0 Å². The van der Waals surface area contributed by atoms with E-state index in [1.807, 2.05) is 11.0 Å². The van der Waals surface area contributed by atoms with Crippen LogP contribution in [0, 0.1) is 11.7 Å². The smallest absolute Gasteiger partial charge is 0.322 e. The van der Waals surface area contributed by atoms with Crippen molar-refractivity contribution in [2.45, 2.75) is 31.7 Å². The molecule has 2 aliphatic heterocycles. The molecule has 6 nitrogen and oxygen atoms in total. The topological polar surface area (TPSA) is 48.0 Å². The summed E-state index contributed by atoms with van der Waals surface area (Å²) in [4.78, 5) is 19.1. The number of hydrogen-bond acceptors (Lipinski definition) is 4. The van der Waals surface area contributed by atoms with Gasteiger partial charge < -0.3 is 24.8 Å². The van der Waals surface area contributed by atoms with Crippen LogP contribution in [0.5, 0.6) is 0 Å². The molecule has 2 saturated heterocycles. The summed E-state index contributed by atoms with van der Waals surface area (Å²) >= 11 is 0. The zero-order valence-electron chi connectivity index (χ0n) is 16.7. The average molecular weight is 391 g/mol. The van der Waals surface area contributed by atoms with Gasteiger partial charge in [0.1, 0.15) is 5.82 Å². The van der Waals surface area contributed by atoms with Gasteiger partial charge in [0.05, 0.1) is 12.3 Å². The highest BCUT2D eigenvalue weighted by atomic mass is 19.1. The molecule has 1 atom stereocenters. The van der Waals surface area contributed by atoms with E-state index in [-0.39, 0.29) is 11.8 Å². The fourth-order valence-electron chi connectivity index (χ4n) is 4.11. The van der Waals surface area contributed by atoms with E-state index in [4.69, 9.17) is 4.74 Å². The molecule has 7 heteroatoms. The molecule has 28 heavy (non-hydrogen) atoms. The number of hydrogen-bond donors (Lipinski definition) is 1. The molecule has 0 radical (unpaired) electrons. The number of nitrogens with one attached hydrogen (secondary N) is 1. The number of halogens is 1. The van der Waals surface area contributed by atoms with Crippen LogP contribution in [0.15, 0.2) is 18.2 Å². The summed E-state index contributed by atoms with van der Waals surface area (Å²) in [5.74, 6) is 0.135. The number of benzene rings is 1. The number of nitrogens with zero attached hydrogens (tertiary/aromatic N) is 3. The van der Waals surface area contributed by atoms with Gasteiger partial charge in [0.2, 0.25) is 0 Å². The summed E-state index contributed by atoms with van der Waals surface area (Å²) in [6.07, 6.45) is 4.13. The molecule has 0 spiro atoms. The second kappa shape index (κ2) is 8.66. The first-order valence-corrected chi connectivity index (χ1v) is 10.5. The molecule has 1 aromatic carbocycles. The second-order valence-electron chi connectivity index (χ2n) is 8.35. The van der Waals surface area contributed by atoms with Crippen LogP contribution in [0.2, 0.25) is 0 Å². The Bertz CT molecular complexity index is 691. The summed E-state index contributed by atoms with van der Waals surface area (Å²) in [7, 11) is 2.10. The van der Waals surface area contributed by atoms with Gasteiger partial charge in [-0.1, -0.05) is 0 Å². The van der Waals surface area contributed by atoms with Crippen molar-refractivity contribution in [2.75, 3.05) is 63.2 Å². The number of rotatable bonds is 5. The lowest BCUT2D eigenvalue weighted by atomic mass is 10.1. The second-order valence-corrected chi connectivity index (χ2v) is 8.35. The minimum absolute atomic E-state index is 0.127. The van der Waals surface area contributed by atoms with Gasteiger partial charge >= 0.3 is 6.03 Å². The highest BCUT2D eigenvalue weighted by Gasteiger charge is 2.35. The van der Waals surface area contributed by atoms with Gasteiger partial charge in [0.15, 0.2) is 0 Å². The SMILES string of the molecule is CN1CCCN(c2ccc(NC(=O)N(CC3CCOC3)C3CC3)cc2F)CC1. The lowest BCUT2D eigenvalue weighted by molar-refractivity contribution is 0.167. The number of carbonyl (C=O) groups excluding carboxylic acids is 1. The molecule has 1 aliphatic carbocycles. The van der Waals surface area contributed by atoms with E-state index in [1.54, 1.807) is 6.07 Å². The molecular weight excluding hydrogens is 359 g/mol. The third kappa shape index (κ3) is 4.75. The Morgan fingerprint density at radius 1 is 1.25 bits per heavy atom. The number of ether oxygens (including phenoxy) is 1. The molecule has 4 rings (SSSR count). The quantitative estimate of drug-likeness (QED) is 0.840. The zero-order valence-corrected chi connectivity index (χ0v) is 16.7. The third-order valence-electron chi connectivity index (χ3n) is 5.99. The molecular formula is C21H31FN4O2. The fourth-order valence-corrected chi connectivity index (χ4v) is 4.11. The Balaban J connectivity index is 1.39. The van der Waals surface area contributed by atoms with Crippen LogP contribution in [0.25, 0.3) is 0 Å². The summed E-state index contributed by atoms with van der Waals surface area (Å²) < 4.78 is 20.2. The van der Waals surface area contributed by atoms with E-state index in [1.165, 1.54) is 6.07 Å². The van der Waals surface area contributed by atoms with Crippen LogP contribution in [0.4, 0.5) is 20.6 Å². The molecule has 0 aromatic heterocycles. The van der Waals surface area contributed by atoms with Crippen LogP contribution in [0.3, 0.4) is 0 Å². The van der Waals surface area contributed by atoms with Crippen molar-refractivity contribution in [3.05, 3.63) is 24.0 Å². The number of likely N-dealkylation sites (N-methyl/N-ethyl adjacent to an activating group) is 1. The molecule has 3 aliphatic rings. The third-order valence-corrected chi connectivity index (χ3v) is 5.99. The molecule has 0 bridgehead atoms. The van der Waals surface area contributed by atoms with Crippen LogP contribution in [0.1, 0.15) is 25.7 Å². The van der Waals surface area contributed by atoms with Crippen molar-refractivity contribution in [3.63, 3.8) is 0 Å². The van der Waals surface area contributed by atoms with E-state index in [9.17, 15) is 9.18 Å². The molecule has 3 fully saturated rings. The molecule has 1 unspecified atom stereocenters. The maximum atomic E-state index is 14.8. The van der Waals surface area contributed by atoms with Gasteiger partial charge in [-0.3, -0.25) is 0 Å². The monoisotopic (exact) mass is 390 g/mol. The van der Waals surface area contributed by atoms with Crippen molar-refractivity contribution in [1.29, 1.82) is 0 Å². The first kappa shape index (κ1) is 19.5. The molecule has 2 heterocycles. The summed E-state index contributed by atoms with van der Waals surface area (Å²) in [5, 5.41) is 2.91. The van der Waals surface area contributed by atoms with Gasteiger partial charge in [0, 0.05) is 50.4 Å². The van der Waals surface area contributed by atoms with Crippen LogP contribution < -0.4 is 10.2 Å². The van der Waals surface area contributed by atoms with Crippen molar-refractivity contribution in [1.82, 2.24) is 9.80 Å². The van der Waals surface area contributed by atoms with Crippen LogP contribution in [-0.4, -0.2) is 74.9 Å². The fraction of sp³-hybridized carbons (Fsp3) is 0.667. The number of carbonyl (C=O) groups is 1. The van der Waals surface area contributed by atoms with Gasteiger partial charge in [-0.25, -0.2) is 9.18 Å². The Hall–Kier alpha value is -1.86. The predicted octanol–water partition coefficient (Wildman–Crippen LogP) is 3.00. The van der Waals surface area contributed by atoms with E-state index in [2.05, 4.69) is 22.2 Å². The maximum Gasteiger partial charge on any atom is 0.322 e. The van der Waals surface area contributed by atoms with E-state index >= 15 is 0 Å². The molecule has 1 N–H and O–H groups in total. The molecule has 1 aromatic rings. The van der Waals surface area contributed by atoms with Crippen molar-refractivity contribution in [2.24, 2.45) is 5.92 Å². The zero-order chi connectivity index (χ0) is 19.5. The van der Waals surface area contributed by atoms with E-state index in [0.29, 0.717) is 23.3 Å². The lowest BCUT2D eigenvalue weighted by Gasteiger charge is -2.26. The van der Waals surface area contributed by atoms with Crippen LogP contribution >= 0.6 is 0 Å². The molecule has 1 saturated carbocycles. The Labute approximate surface area is 166 Å². The highest BCUT2D eigenvalue weighted by Crippen LogP contribution is 2.30. The number of urea groups is 1. The van der Waals surface area contributed by atoms with Gasteiger partial charge in [-0.05, 0) is 57.5 Å².